The monoisotopic (exact) mass is 212 g/mol. The summed E-state index contributed by atoms with van der Waals surface area (Å²) in [5, 5.41) is 0. The summed E-state index contributed by atoms with van der Waals surface area (Å²) in [5.74, 6) is 0.233. The Labute approximate surface area is 93.0 Å². The summed E-state index contributed by atoms with van der Waals surface area (Å²) in [6.45, 7) is 7.39. The number of carbonyl (C=O) groups excluding carboxylic acids is 1. The number of nitrogens with zero attached hydrogens (tertiary/aromatic N) is 1. The summed E-state index contributed by atoms with van der Waals surface area (Å²) < 4.78 is 0. The summed E-state index contributed by atoms with van der Waals surface area (Å²) in [6, 6.07) is 0.442. The maximum atomic E-state index is 12.3. The minimum atomic E-state index is -0.398. The molecule has 2 N–H and O–H groups in total. The number of likely N-dealkylation sites (tertiary alicyclic amines) is 1. The van der Waals surface area contributed by atoms with Crippen molar-refractivity contribution in [3.8, 4) is 0 Å². The molecule has 1 atom stereocenters. The Morgan fingerprint density at radius 2 is 2.13 bits per heavy atom. The molecule has 0 aliphatic carbocycles. The molecule has 1 heterocycles. The number of rotatable bonds is 3. The molecule has 0 radical (unpaired) electrons. The molecule has 3 nitrogen and oxygen atoms in total. The molecule has 1 aliphatic heterocycles. The van der Waals surface area contributed by atoms with Crippen LogP contribution in [0.4, 0.5) is 0 Å². The third-order valence-corrected chi connectivity index (χ3v) is 3.45. The second-order valence-electron chi connectivity index (χ2n) is 5.14. The highest BCUT2D eigenvalue weighted by Crippen LogP contribution is 2.25. The first-order valence-corrected chi connectivity index (χ1v) is 6.04. The average Bonchev–Trinajstić information content (AvgIpc) is 2.28. The molecule has 0 aromatic heterocycles. The molecule has 3 heteroatoms. The van der Waals surface area contributed by atoms with E-state index in [-0.39, 0.29) is 5.91 Å². The molecule has 1 unspecified atom stereocenters. The van der Waals surface area contributed by atoms with Crippen LogP contribution in [0.15, 0.2) is 0 Å². The van der Waals surface area contributed by atoms with Gasteiger partial charge in [0.25, 0.3) is 0 Å². The van der Waals surface area contributed by atoms with Crippen LogP contribution < -0.4 is 5.73 Å². The molecule has 0 saturated carbocycles. The quantitative estimate of drug-likeness (QED) is 0.775. The molecule has 1 fully saturated rings. The highest BCUT2D eigenvalue weighted by Gasteiger charge is 2.34. The smallest absolute Gasteiger partial charge is 0.229 e. The predicted molar refractivity (Wildman–Crippen MR) is 62.5 cm³/mol. The van der Waals surface area contributed by atoms with Gasteiger partial charge in [0.15, 0.2) is 0 Å². The zero-order chi connectivity index (χ0) is 11.5. The van der Waals surface area contributed by atoms with E-state index in [0.717, 1.165) is 25.8 Å². The van der Waals surface area contributed by atoms with Gasteiger partial charge in [0.2, 0.25) is 5.91 Å². The first kappa shape index (κ1) is 12.5. The molecule has 0 bridgehead atoms. The largest absolute Gasteiger partial charge is 0.339 e. The highest BCUT2D eigenvalue weighted by atomic mass is 16.2. The molecule has 1 aliphatic rings. The molecular weight excluding hydrogens is 188 g/mol. The zero-order valence-corrected chi connectivity index (χ0v) is 10.3. The average molecular weight is 212 g/mol. The zero-order valence-electron chi connectivity index (χ0n) is 10.3. The van der Waals surface area contributed by atoms with Gasteiger partial charge in [-0.25, -0.2) is 0 Å². The number of hydrogen-bond acceptors (Lipinski definition) is 2. The SMILES string of the molecule is CCC1CCCCN1C(=O)C(C)(C)CN. The van der Waals surface area contributed by atoms with Gasteiger partial charge in [0.05, 0.1) is 5.41 Å². The molecule has 1 rings (SSSR count). The number of carbonyl (C=O) groups is 1. The maximum absolute atomic E-state index is 12.3. The van der Waals surface area contributed by atoms with Gasteiger partial charge in [0.1, 0.15) is 0 Å². The number of amides is 1. The van der Waals surface area contributed by atoms with Crippen LogP contribution in [0.5, 0.6) is 0 Å². The lowest BCUT2D eigenvalue weighted by Gasteiger charge is -2.39. The van der Waals surface area contributed by atoms with Crippen molar-refractivity contribution < 1.29 is 4.79 Å². The first-order chi connectivity index (χ1) is 7.03. The molecule has 88 valence electrons. The summed E-state index contributed by atoms with van der Waals surface area (Å²) in [7, 11) is 0. The molecule has 1 amide bonds. The van der Waals surface area contributed by atoms with E-state index in [9.17, 15) is 4.79 Å². The van der Waals surface area contributed by atoms with Crippen molar-refractivity contribution in [3.05, 3.63) is 0 Å². The van der Waals surface area contributed by atoms with E-state index >= 15 is 0 Å². The van der Waals surface area contributed by atoms with E-state index in [1.807, 2.05) is 13.8 Å². The fraction of sp³-hybridized carbons (Fsp3) is 0.917. The van der Waals surface area contributed by atoms with Gasteiger partial charge >= 0.3 is 0 Å². The van der Waals surface area contributed by atoms with E-state index in [1.165, 1.54) is 6.42 Å². The topological polar surface area (TPSA) is 46.3 Å². The van der Waals surface area contributed by atoms with Crippen LogP contribution in [0, 0.1) is 5.41 Å². The molecule has 0 spiro atoms. The normalized spacial score (nSPS) is 22.9. The number of piperidine rings is 1. The Kier molecular flexibility index (Phi) is 4.14. The molecule has 0 aromatic carbocycles. The third-order valence-electron chi connectivity index (χ3n) is 3.45. The Hall–Kier alpha value is -0.570. The standard InChI is InChI=1S/C12H24N2O/c1-4-10-7-5-6-8-14(10)11(15)12(2,3)9-13/h10H,4-9,13H2,1-3H3. The van der Waals surface area contributed by atoms with Crippen LogP contribution in [-0.2, 0) is 4.79 Å². The van der Waals surface area contributed by atoms with Crippen LogP contribution in [0.2, 0.25) is 0 Å². The summed E-state index contributed by atoms with van der Waals surface area (Å²) >= 11 is 0. The first-order valence-electron chi connectivity index (χ1n) is 6.04. The Morgan fingerprint density at radius 1 is 1.47 bits per heavy atom. The van der Waals surface area contributed by atoms with Crippen molar-refractivity contribution >= 4 is 5.91 Å². The van der Waals surface area contributed by atoms with Crippen molar-refractivity contribution in [2.24, 2.45) is 11.1 Å². The second-order valence-corrected chi connectivity index (χ2v) is 5.14. The van der Waals surface area contributed by atoms with Crippen LogP contribution >= 0.6 is 0 Å². The molecular formula is C12H24N2O. The summed E-state index contributed by atoms with van der Waals surface area (Å²) in [4.78, 5) is 14.3. The van der Waals surface area contributed by atoms with Crippen LogP contribution in [0.3, 0.4) is 0 Å². The van der Waals surface area contributed by atoms with E-state index in [1.54, 1.807) is 0 Å². The number of hydrogen-bond donors (Lipinski definition) is 1. The van der Waals surface area contributed by atoms with Gasteiger partial charge in [-0.3, -0.25) is 4.79 Å². The van der Waals surface area contributed by atoms with Crippen molar-refractivity contribution in [3.63, 3.8) is 0 Å². The minimum Gasteiger partial charge on any atom is -0.339 e. The Morgan fingerprint density at radius 3 is 2.67 bits per heavy atom. The van der Waals surface area contributed by atoms with Gasteiger partial charge < -0.3 is 10.6 Å². The lowest BCUT2D eigenvalue weighted by molar-refractivity contribution is -0.143. The van der Waals surface area contributed by atoms with Gasteiger partial charge in [-0.1, -0.05) is 6.92 Å². The van der Waals surface area contributed by atoms with Gasteiger partial charge in [-0.2, -0.15) is 0 Å². The lowest BCUT2D eigenvalue weighted by atomic mass is 9.89. The van der Waals surface area contributed by atoms with Crippen LogP contribution in [0.25, 0.3) is 0 Å². The van der Waals surface area contributed by atoms with Crippen molar-refractivity contribution in [1.29, 1.82) is 0 Å². The minimum absolute atomic E-state index is 0.233. The Balaban J connectivity index is 2.72. The van der Waals surface area contributed by atoms with E-state index in [2.05, 4.69) is 11.8 Å². The highest BCUT2D eigenvalue weighted by molar-refractivity contribution is 5.82. The lowest BCUT2D eigenvalue weighted by Crippen LogP contribution is -2.51. The van der Waals surface area contributed by atoms with Gasteiger partial charge in [-0.05, 0) is 39.5 Å². The molecule has 1 saturated heterocycles. The Bertz CT molecular complexity index is 226. The predicted octanol–water partition coefficient (Wildman–Crippen LogP) is 1.76. The number of nitrogens with two attached hydrogens (primary N) is 1. The van der Waals surface area contributed by atoms with E-state index in [0.29, 0.717) is 12.6 Å². The summed E-state index contributed by atoms with van der Waals surface area (Å²) in [6.07, 6.45) is 4.61. The van der Waals surface area contributed by atoms with Crippen molar-refractivity contribution in [1.82, 2.24) is 4.90 Å². The maximum Gasteiger partial charge on any atom is 0.229 e. The van der Waals surface area contributed by atoms with Crippen molar-refractivity contribution in [2.75, 3.05) is 13.1 Å². The second kappa shape index (κ2) is 4.97. The van der Waals surface area contributed by atoms with Crippen LogP contribution in [0.1, 0.15) is 46.5 Å². The van der Waals surface area contributed by atoms with E-state index < -0.39 is 5.41 Å². The molecule has 15 heavy (non-hydrogen) atoms. The van der Waals surface area contributed by atoms with Gasteiger partial charge in [0, 0.05) is 19.1 Å². The summed E-state index contributed by atoms with van der Waals surface area (Å²) in [5.41, 5.74) is 5.26. The van der Waals surface area contributed by atoms with Crippen LogP contribution in [-0.4, -0.2) is 29.9 Å². The van der Waals surface area contributed by atoms with Crippen molar-refractivity contribution in [2.45, 2.75) is 52.5 Å². The fourth-order valence-electron chi connectivity index (χ4n) is 2.17. The van der Waals surface area contributed by atoms with Gasteiger partial charge in [-0.15, -0.1) is 0 Å². The molecule has 0 aromatic rings. The van der Waals surface area contributed by atoms with E-state index in [4.69, 9.17) is 5.73 Å². The third kappa shape index (κ3) is 2.71. The fourth-order valence-corrected chi connectivity index (χ4v) is 2.17.